The third kappa shape index (κ3) is 2.94. The van der Waals surface area contributed by atoms with E-state index in [1.54, 1.807) is 4.80 Å². The number of fused-ring (bicyclic) bond motifs is 1. The second-order valence-corrected chi connectivity index (χ2v) is 9.37. The van der Waals surface area contributed by atoms with E-state index in [0.29, 0.717) is 12.2 Å². The second-order valence-electron chi connectivity index (χ2n) is 9.37. The number of aliphatic hydroxyl groups is 1. The van der Waals surface area contributed by atoms with Crippen molar-refractivity contribution in [1.29, 1.82) is 0 Å². The maximum absolute atomic E-state index is 11.1. The Hall–Kier alpha value is -2.14. The number of nitrogens with two attached hydrogens (primary N) is 1. The van der Waals surface area contributed by atoms with Gasteiger partial charge in [0.25, 0.3) is 0 Å². The summed E-state index contributed by atoms with van der Waals surface area (Å²) in [5, 5.41) is 20.3. The summed E-state index contributed by atoms with van der Waals surface area (Å²) in [5.41, 5.74) is 8.99. The van der Waals surface area contributed by atoms with E-state index < -0.39 is 0 Å². The summed E-state index contributed by atoms with van der Waals surface area (Å²) < 4.78 is 0. The lowest BCUT2D eigenvalue weighted by Crippen LogP contribution is -2.44. The Morgan fingerprint density at radius 1 is 1.08 bits per heavy atom. The van der Waals surface area contributed by atoms with Gasteiger partial charge < -0.3 is 10.8 Å². The van der Waals surface area contributed by atoms with Gasteiger partial charge >= 0.3 is 0 Å². The number of aliphatic hydroxyl groups excluding tert-OH is 1. The van der Waals surface area contributed by atoms with E-state index in [0.717, 1.165) is 23.0 Å². The molecule has 0 bridgehead atoms. The summed E-state index contributed by atoms with van der Waals surface area (Å²) in [7, 11) is 0. The van der Waals surface area contributed by atoms with E-state index in [4.69, 9.17) is 5.73 Å². The van der Waals surface area contributed by atoms with E-state index in [9.17, 15) is 5.11 Å². The standard InChI is InChI=1S/C21H30N4O/c1-19(2,3)14-11-21(13-22,20(4,5)6)12-17(18(14)26)25-23-15-9-7-8-10-16(15)24-25/h7-10,12,26H,11,13,22H2,1-6H3. The van der Waals surface area contributed by atoms with Crippen LogP contribution in [0.5, 0.6) is 0 Å². The highest BCUT2D eigenvalue weighted by Gasteiger charge is 2.46. The first kappa shape index (κ1) is 18.6. The van der Waals surface area contributed by atoms with Crippen LogP contribution in [0.4, 0.5) is 0 Å². The minimum absolute atomic E-state index is 0.0726. The van der Waals surface area contributed by atoms with E-state index in [2.05, 4.69) is 57.8 Å². The highest BCUT2D eigenvalue weighted by Crippen LogP contribution is 2.52. The quantitative estimate of drug-likeness (QED) is 0.831. The molecule has 3 N–H and O–H groups in total. The minimum atomic E-state index is -0.281. The molecule has 1 aliphatic carbocycles. The second kappa shape index (κ2) is 5.95. The number of aromatic nitrogens is 3. The van der Waals surface area contributed by atoms with Gasteiger partial charge in [-0.05, 0) is 41.0 Å². The molecule has 0 fully saturated rings. The fourth-order valence-electron chi connectivity index (χ4n) is 3.59. The van der Waals surface area contributed by atoms with Gasteiger partial charge in [-0.15, -0.1) is 15.0 Å². The van der Waals surface area contributed by atoms with Crippen LogP contribution in [0.1, 0.15) is 48.0 Å². The fourth-order valence-corrected chi connectivity index (χ4v) is 3.59. The largest absolute Gasteiger partial charge is 0.506 e. The molecule has 3 rings (SSSR count). The third-order valence-corrected chi connectivity index (χ3v) is 5.70. The third-order valence-electron chi connectivity index (χ3n) is 5.70. The van der Waals surface area contributed by atoms with Crippen molar-refractivity contribution in [1.82, 2.24) is 15.0 Å². The first-order valence-corrected chi connectivity index (χ1v) is 9.17. The summed E-state index contributed by atoms with van der Waals surface area (Å²) in [5.74, 6) is 0.270. The van der Waals surface area contributed by atoms with Gasteiger partial charge in [0.2, 0.25) is 0 Å². The highest BCUT2D eigenvalue weighted by molar-refractivity contribution is 5.75. The zero-order valence-electron chi connectivity index (χ0n) is 16.7. The fraction of sp³-hybridized carbons (Fsp3) is 0.524. The number of allylic oxidation sites excluding steroid dienone is 2. The van der Waals surface area contributed by atoms with E-state index in [1.165, 1.54) is 0 Å². The number of rotatable bonds is 2. The van der Waals surface area contributed by atoms with Crippen LogP contribution in [0.15, 0.2) is 41.7 Å². The zero-order valence-corrected chi connectivity index (χ0v) is 16.7. The lowest BCUT2D eigenvalue weighted by atomic mass is 9.59. The summed E-state index contributed by atoms with van der Waals surface area (Å²) in [6, 6.07) is 7.72. The molecule has 1 aromatic heterocycles. The average molecular weight is 354 g/mol. The molecule has 5 heteroatoms. The molecule has 140 valence electrons. The summed E-state index contributed by atoms with van der Waals surface area (Å²) in [6.07, 6.45) is 2.81. The Bertz CT molecular complexity index is 860. The van der Waals surface area contributed by atoms with Gasteiger partial charge in [-0.3, -0.25) is 0 Å². The van der Waals surface area contributed by atoms with Crippen molar-refractivity contribution in [3.8, 4) is 0 Å². The Kier molecular flexibility index (Phi) is 4.26. The lowest BCUT2D eigenvalue weighted by molar-refractivity contribution is 0.139. The maximum Gasteiger partial charge on any atom is 0.142 e. The van der Waals surface area contributed by atoms with Gasteiger partial charge in [0, 0.05) is 12.0 Å². The van der Waals surface area contributed by atoms with Crippen molar-refractivity contribution in [3.63, 3.8) is 0 Å². The molecule has 1 unspecified atom stereocenters. The van der Waals surface area contributed by atoms with Crippen LogP contribution in [0.3, 0.4) is 0 Å². The van der Waals surface area contributed by atoms with Gasteiger partial charge in [-0.2, -0.15) is 0 Å². The molecule has 26 heavy (non-hydrogen) atoms. The summed E-state index contributed by atoms with van der Waals surface area (Å²) in [4.78, 5) is 1.56. The minimum Gasteiger partial charge on any atom is -0.506 e. The SMILES string of the molecule is CC(C)(C)C1=C(O)C(n2nc3ccccc3n2)=CC(CN)(C(C)(C)C)C1. The molecule has 1 atom stereocenters. The normalized spacial score (nSPS) is 22.0. The van der Waals surface area contributed by atoms with Crippen molar-refractivity contribution in [2.45, 2.75) is 48.0 Å². The van der Waals surface area contributed by atoms with Crippen LogP contribution >= 0.6 is 0 Å². The molecular weight excluding hydrogens is 324 g/mol. The molecule has 0 radical (unpaired) electrons. The lowest BCUT2D eigenvalue weighted by Gasteiger charge is -2.47. The molecule has 0 saturated carbocycles. The van der Waals surface area contributed by atoms with E-state index in [-0.39, 0.29) is 22.0 Å². The van der Waals surface area contributed by atoms with Crippen molar-refractivity contribution < 1.29 is 5.11 Å². The number of hydrogen-bond donors (Lipinski definition) is 2. The number of hydrogen-bond acceptors (Lipinski definition) is 4. The van der Waals surface area contributed by atoms with Crippen LogP contribution in [-0.2, 0) is 0 Å². The maximum atomic E-state index is 11.1. The van der Waals surface area contributed by atoms with Crippen LogP contribution < -0.4 is 5.73 Å². The van der Waals surface area contributed by atoms with Crippen molar-refractivity contribution in [2.24, 2.45) is 22.0 Å². The van der Waals surface area contributed by atoms with Crippen molar-refractivity contribution in [2.75, 3.05) is 6.54 Å². The van der Waals surface area contributed by atoms with Crippen LogP contribution in [0, 0.1) is 16.2 Å². The number of nitrogens with zero attached hydrogens (tertiary/aromatic N) is 3. The molecule has 0 aliphatic heterocycles. The summed E-state index contributed by atoms with van der Waals surface area (Å²) in [6.45, 7) is 13.5. The topological polar surface area (TPSA) is 77.0 Å². The smallest absolute Gasteiger partial charge is 0.142 e. The van der Waals surface area contributed by atoms with Gasteiger partial charge in [-0.25, -0.2) is 0 Å². The molecule has 0 amide bonds. The molecule has 1 aliphatic rings. The van der Waals surface area contributed by atoms with Crippen molar-refractivity contribution in [3.05, 3.63) is 41.7 Å². The van der Waals surface area contributed by atoms with Gasteiger partial charge in [0.05, 0.1) is 0 Å². The van der Waals surface area contributed by atoms with Crippen molar-refractivity contribution >= 4 is 16.7 Å². The van der Waals surface area contributed by atoms with Gasteiger partial charge in [0.15, 0.2) is 0 Å². The molecule has 2 aromatic rings. The molecule has 0 spiro atoms. The zero-order chi connectivity index (χ0) is 19.3. The molecule has 1 heterocycles. The van der Waals surface area contributed by atoms with Crippen LogP contribution in [-0.4, -0.2) is 26.6 Å². The van der Waals surface area contributed by atoms with Gasteiger partial charge in [-0.1, -0.05) is 53.7 Å². The average Bonchev–Trinajstić information content (AvgIpc) is 2.96. The predicted molar refractivity (Wildman–Crippen MR) is 106 cm³/mol. The summed E-state index contributed by atoms with van der Waals surface area (Å²) >= 11 is 0. The Labute approximate surface area is 155 Å². The Morgan fingerprint density at radius 2 is 1.62 bits per heavy atom. The first-order chi connectivity index (χ1) is 12.0. The highest BCUT2D eigenvalue weighted by atomic mass is 16.3. The first-order valence-electron chi connectivity index (χ1n) is 9.17. The monoisotopic (exact) mass is 354 g/mol. The van der Waals surface area contributed by atoms with Crippen LogP contribution in [0.2, 0.25) is 0 Å². The van der Waals surface area contributed by atoms with E-state index >= 15 is 0 Å². The molecule has 5 nitrogen and oxygen atoms in total. The number of benzene rings is 1. The molecule has 1 aromatic carbocycles. The van der Waals surface area contributed by atoms with Crippen LogP contribution in [0.25, 0.3) is 16.7 Å². The predicted octanol–water partition coefficient (Wildman–Crippen LogP) is 4.53. The Balaban J connectivity index is 2.27. The molecular formula is C21H30N4O. The van der Waals surface area contributed by atoms with E-state index in [1.807, 2.05) is 24.3 Å². The molecule has 0 saturated heterocycles. The van der Waals surface area contributed by atoms with Gasteiger partial charge in [0.1, 0.15) is 22.5 Å². The Morgan fingerprint density at radius 3 is 2.04 bits per heavy atom.